The standard InChI is InChI=1S/C31H36N2O4/c1-4-23(3)32-31(35)27(18-24-11-6-5-7-12-24)33(20-26-13-9-8-10-22(26)2)30(34)17-15-25-14-16-28-29(19-25)37-21-36-28/h5-14,16,19,23,27H,4,15,17-18,20-21H2,1-3H3,(H,32,35)/t23-,27+/m1/s1. The quantitative estimate of drug-likeness (QED) is 0.392. The molecule has 6 nitrogen and oxygen atoms in total. The van der Waals surface area contributed by atoms with E-state index in [2.05, 4.69) is 5.32 Å². The summed E-state index contributed by atoms with van der Waals surface area (Å²) in [7, 11) is 0. The lowest BCUT2D eigenvalue weighted by Gasteiger charge is -2.33. The van der Waals surface area contributed by atoms with Gasteiger partial charge in [0.05, 0.1) is 0 Å². The van der Waals surface area contributed by atoms with Crippen molar-refractivity contribution in [3.05, 3.63) is 95.1 Å². The van der Waals surface area contributed by atoms with E-state index in [1.807, 2.05) is 93.6 Å². The highest BCUT2D eigenvalue weighted by Gasteiger charge is 2.31. The first kappa shape index (κ1) is 26.3. The number of fused-ring (bicyclic) bond motifs is 1. The molecule has 0 aromatic heterocycles. The van der Waals surface area contributed by atoms with Crippen LogP contribution in [0.25, 0.3) is 0 Å². The van der Waals surface area contributed by atoms with Gasteiger partial charge in [0.2, 0.25) is 18.6 Å². The zero-order valence-corrected chi connectivity index (χ0v) is 21.9. The van der Waals surface area contributed by atoms with E-state index in [1.54, 1.807) is 4.90 Å². The van der Waals surface area contributed by atoms with Gasteiger partial charge in [-0.3, -0.25) is 9.59 Å². The molecule has 0 fully saturated rings. The molecule has 0 radical (unpaired) electrons. The number of carbonyl (C=O) groups excluding carboxylic acids is 2. The summed E-state index contributed by atoms with van der Waals surface area (Å²) in [6.45, 7) is 6.66. The van der Waals surface area contributed by atoms with Crippen LogP contribution in [0.5, 0.6) is 11.5 Å². The number of aryl methyl sites for hydroxylation is 2. The summed E-state index contributed by atoms with van der Waals surface area (Å²) < 4.78 is 10.9. The normalized spacial score (nSPS) is 13.6. The van der Waals surface area contributed by atoms with Gasteiger partial charge in [-0.1, -0.05) is 67.6 Å². The Bertz CT molecular complexity index is 1210. The predicted octanol–water partition coefficient (Wildman–Crippen LogP) is 5.21. The Morgan fingerprint density at radius 3 is 2.43 bits per heavy atom. The molecule has 1 aliphatic rings. The molecule has 2 atom stereocenters. The zero-order valence-electron chi connectivity index (χ0n) is 21.9. The van der Waals surface area contributed by atoms with Crippen LogP contribution in [0.1, 0.15) is 48.9 Å². The topological polar surface area (TPSA) is 67.9 Å². The van der Waals surface area contributed by atoms with Gasteiger partial charge < -0.3 is 19.7 Å². The van der Waals surface area contributed by atoms with Crippen molar-refractivity contribution >= 4 is 11.8 Å². The number of benzene rings is 3. The summed E-state index contributed by atoms with van der Waals surface area (Å²) in [6, 6.07) is 23.1. The van der Waals surface area contributed by atoms with Gasteiger partial charge in [0.1, 0.15) is 6.04 Å². The fraction of sp³-hybridized carbons (Fsp3) is 0.355. The molecule has 0 unspecified atom stereocenters. The second-order valence-electron chi connectivity index (χ2n) is 9.66. The molecular weight excluding hydrogens is 464 g/mol. The van der Waals surface area contributed by atoms with Gasteiger partial charge in [0.25, 0.3) is 0 Å². The highest BCUT2D eigenvalue weighted by atomic mass is 16.7. The number of nitrogens with one attached hydrogen (secondary N) is 1. The number of hydrogen-bond donors (Lipinski definition) is 1. The molecule has 3 aromatic carbocycles. The van der Waals surface area contributed by atoms with Crippen LogP contribution in [-0.4, -0.2) is 35.6 Å². The summed E-state index contributed by atoms with van der Waals surface area (Å²) in [5, 5.41) is 3.12. The first-order chi connectivity index (χ1) is 17.9. The third-order valence-corrected chi connectivity index (χ3v) is 6.94. The van der Waals surface area contributed by atoms with Crippen LogP contribution in [0.3, 0.4) is 0 Å². The second kappa shape index (κ2) is 12.4. The Morgan fingerprint density at radius 1 is 0.946 bits per heavy atom. The smallest absolute Gasteiger partial charge is 0.243 e. The Morgan fingerprint density at radius 2 is 1.68 bits per heavy atom. The molecule has 0 saturated heterocycles. The third kappa shape index (κ3) is 6.91. The van der Waals surface area contributed by atoms with Crippen LogP contribution in [0.15, 0.2) is 72.8 Å². The first-order valence-electron chi connectivity index (χ1n) is 13.0. The third-order valence-electron chi connectivity index (χ3n) is 6.94. The lowest BCUT2D eigenvalue weighted by molar-refractivity contribution is -0.141. The number of nitrogens with zero attached hydrogens (tertiary/aromatic N) is 1. The monoisotopic (exact) mass is 500 g/mol. The van der Waals surface area contributed by atoms with Crippen molar-refractivity contribution < 1.29 is 19.1 Å². The van der Waals surface area contributed by atoms with Crippen molar-refractivity contribution in [3.8, 4) is 11.5 Å². The molecule has 0 saturated carbocycles. The molecule has 4 rings (SSSR count). The van der Waals surface area contributed by atoms with Gasteiger partial charge in [0.15, 0.2) is 11.5 Å². The predicted molar refractivity (Wildman–Crippen MR) is 144 cm³/mol. The van der Waals surface area contributed by atoms with Crippen LogP contribution in [-0.2, 0) is 29.0 Å². The Balaban J connectivity index is 1.61. The van der Waals surface area contributed by atoms with Crippen molar-refractivity contribution in [1.29, 1.82) is 0 Å². The van der Waals surface area contributed by atoms with E-state index in [-0.39, 0.29) is 31.1 Å². The van der Waals surface area contributed by atoms with Crippen LogP contribution in [0.4, 0.5) is 0 Å². The SMILES string of the molecule is CC[C@@H](C)NC(=O)[C@H](Cc1ccccc1)N(Cc1ccccc1C)C(=O)CCc1ccc2c(c1)OCO2. The second-order valence-corrected chi connectivity index (χ2v) is 9.66. The van der Waals surface area contributed by atoms with Gasteiger partial charge in [-0.25, -0.2) is 0 Å². The number of rotatable bonds is 11. The van der Waals surface area contributed by atoms with E-state index in [0.29, 0.717) is 25.1 Å². The minimum Gasteiger partial charge on any atom is -0.454 e. The molecule has 1 N–H and O–H groups in total. The van der Waals surface area contributed by atoms with Crippen LogP contribution >= 0.6 is 0 Å². The van der Waals surface area contributed by atoms with Gasteiger partial charge in [-0.05, 0) is 61.1 Å². The van der Waals surface area contributed by atoms with Gasteiger partial charge in [-0.15, -0.1) is 0 Å². The maximum absolute atomic E-state index is 13.8. The number of carbonyl (C=O) groups is 2. The number of ether oxygens (including phenoxy) is 2. The fourth-order valence-corrected chi connectivity index (χ4v) is 4.46. The van der Waals surface area contributed by atoms with Gasteiger partial charge in [0, 0.05) is 25.4 Å². The van der Waals surface area contributed by atoms with Crippen LogP contribution in [0.2, 0.25) is 0 Å². The highest BCUT2D eigenvalue weighted by Crippen LogP contribution is 2.33. The summed E-state index contributed by atoms with van der Waals surface area (Å²) in [6.07, 6.45) is 2.10. The molecule has 2 amide bonds. The van der Waals surface area contributed by atoms with Crippen molar-refractivity contribution in [2.45, 2.75) is 65.1 Å². The summed E-state index contributed by atoms with van der Waals surface area (Å²) in [5.41, 5.74) is 4.15. The molecule has 1 aliphatic heterocycles. The van der Waals surface area contributed by atoms with Crippen molar-refractivity contribution in [2.24, 2.45) is 0 Å². The Kier molecular flexibility index (Phi) is 8.83. The number of hydrogen-bond acceptors (Lipinski definition) is 4. The van der Waals surface area contributed by atoms with E-state index in [4.69, 9.17) is 9.47 Å². The molecule has 6 heteroatoms. The molecule has 37 heavy (non-hydrogen) atoms. The lowest BCUT2D eigenvalue weighted by Crippen LogP contribution is -2.52. The lowest BCUT2D eigenvalue weighted by atomic mass is 10.00. The Hall–Kier alpha value is -3.80. The first-order valence-corrected chi connectivity index (χ1v) is 13.0. The summed E-state index contributed by atoms with van der Waals surface area (Å²) >= 11 is 0. The van der Waals surface area contributed by atoms with E-state index in [0.717, 1.165) is 34.4 Å². The average molecular weight is 501 g/mol. The maximum Gasteiger partial charge on any atom is 0.243 e. The molecule has 1 heterocycles. The molecule has 194 valence electrons. The molecule has 0 bridgehead atoms. The van der Waals surface area contributed by atoms with E-state index in [1.165, 1.54) is 0 Å². The minimum absolute atomic E-state index is 0.0230. The van der Waals surface area contributed by atoms with Crippen LogP contribution in [0, 0.1) is 6.92 Å². The maximum atomic E-state index is 13.8. The molecule has 0 spiro atoms. The van der Waals surface area contributed by atoms with Gasteiger partial charge >= 0.3 is 0 Å². The minimum atomic E-state index is -0.625. The van der Waals surface area contributed by atoms with Crippen molar-refractivity contribution in [2.75, 3.05) is 6.79 Å². The van der Waals surface area contributed by atoms with Crippen molar-refractivity contribution in [3.63, 3.8) is 0 Å². The molecule has 3 aromatic rings. The van der Waals surface area contributed by atoms with Crippen molar-refractivity contribution in [1.82, 2.24) is 10.2 Å². The van der Waals surface area contributed by atoms with E-state index >= 15 is 0 Å². The zero-order chi connectivity index (χ0) is 26.2. The summed E-state index contributed by atoms with van der Waals surface area (Å²) in [5.74, 6) is 1.25. The fourth-order valence-electron chi connectivity index (χ4n) is 4.46. The Labute approximate surface area is 219 Å². The molecular formula is C31H36N2O4. The largest absolute Gasteiger partial charge is 0.454 e. The summed E-state index contributed by atoms with van der Waals surface area (Å²) in [4.78, 5) is 29.2. The van der Waals surface area contributed by atoms with E-state index in [9.17, 15) is 9.59 Å². The highest BCUT2D eigenvalue weighted by molar-refractivity contribution is 5.88. The number of amides is 2. The molecule has 0 aliphatic carbocycles. The van der Waals surface area contributed by atoms with Crippen LogP contribution < -0.4 is 14.8 Å². The average Bonchev–Trinajstić information content (AvgIpc) is 3.38. The van der Waals surface area contributed by atoms with E-state index < -0.39 is 6.04 Å². The van der Waals surface area contributed by atoms with Gasteiger partial charge in [-0.2, -0.15) is 0 Å².